The summed E-state index contributed by atoms with van der Waals surface area (Å²) in [4.78, 5) is 21.8. The molecule has 2 N–H and O–H groups in total. The van der Waals surface area contributed by atoms with Crippen LogP contribution >= 0.6 is 0 Å². The van der Waals surface area contributed by atoms with Crippen molar-refractivity contribution in [3.05, 3.63) is 12.4 Å². The third-order valence-corrected chi connectivity index (χ3v) is 2.90. The average molecular weight is 267 g/mol. The third-order valence-electron chi connectivity index (χ3n) is 2.90. The van der Waals surface area contributed by atoms with Gasteiger partial charge in [0.05, 0.1) is 31.0 Å². The number of hydrogen-bond acceptors (Lipinski definition) is 4. The van der Waals surface area contributed by atoms with Gasteiger partial charge in [0.2, 0.25) is 5.91 Å². The molecule has 0 saturated carbocycles. The van der Waals surface area contributed by atoms with Crippen molar-refractivity contribution in [2.75, 3.05) is 11.9 Å². The quantitative estimate of drug-likeness (QED) is 0.797. The maximum Gasteiger partial charge on any atom is 0.303 e. The number of anilines is 1. The van der Waals surface area contributed by atoms with Gasteiger partial charge in [-0.3, -0.25) is 14.3 Å². The van der Waals surface area contributed by atoms with E-state index in [0.717, 1.165) is 19.4 Å². The van der Waals surface area contributed by atoms with Crippen LogP contribution in [0.2, 0.25) is 0 Å². The van der Waals surface area contributed by atoms with Crippen LogP contribution in [-0.4, -0.2) is 39.5 Å². The molecule has 7 heteroatoms. The van der Waals surface area contributed by atoms with Gasteiger partial charge in [-0.1, -0.05) is 0 Å². The second kappa shape index (κ2) is 6.33. The van der Waals surface area contributed by atoms with Crippen molar-refractivity contribution in [2.24, 2.45) is 0 Å². The predicted octanol–water partition coefficient (Wildman–Crippen LogP) is 0.865. The molecule has 2 heterocycles. The van der Waals surface area contributed by atoms with Gasteiger partial charge in [0.25, 0.3) is 0 Å². The third kappa shape index (κ3) is 4.36. The fourth-order valence-corrected chi connectivity index (χ4v) is 1.97. The molecular formula is C12H17N3O4. The first-order valence-corrected chi connectivity index (χ1v) is 6.29. The molecule has 0 aromatic carbocycles. The Labute approximate surface area is 110 Å². The number of carboxylic acid groups (broad SMARTS) is 1. The zero-order valence-corrected chi connectivity index (χ0v) is 10.5. The molecule has 2 rings (SSSR count). The maximum absolute atomic E-state index is 11.4. The van der Waals surface area contributed by atoms with E-state index in [0.29, 0.717) is 12.2 Å². The summed E-state index contributed by atoms with van der Waals surface area (Å²) in [6.45, 7) is 1.47. The minimum atomic E-state index is -0.982. The van der Waals surface area contributed by atoms with Crippen molar-refractivity contribution >= 4 is 17.6 Å². The SMILES string of the molecule is O=C(O)CCC(=O)Nc1cnn(CC2CCCO2)c1. The van der Waals surface area contributed by atoms with E-state index in [1.807, 2.05) is 0 Å². The molecule has 1 aromatic heterocycles. The molecule has 1 saturated heterocycles. The monoisotopic (exact) mass is 267 g/mol. The predicted molar refractivity (Wildman–Crippen MR) is 66.7 cm³/mol. The van der Waals surface area contributed by atoms with Gasteiger partial charge in [-0.15, -0.1) is 0 Å². The lowest BCUT2D eigenvalue weighted by molar-refractivity contribution is -0.138. The van der Waals surface area contributed by atoms with E-state index in [1.165, 1.54) is 0 Å². The van der Waals surface area contributed by atoms with Crippen molar-refractivity contribution < 1.29 is 19.4 Å². The summed E-state index contributed by atoms with van der Waals surface area (Å²) in [5, 5.41) is 15.2. The Morgan fingerprint density at radius 2 is 2.37 bits per heavy atom. The van der Waals surface area contributed by atoms with Gasteiger partial charge < -0.3 is 15.2 Å². The molecule has 0 bridgehead atoms. The second-order valence-corrected chi connectivity index (χ2v) is 4.53. The lowest BCUT2D eigenvalue weighted by Gasteiger charge is -2.08. The van der Waals surface area contributed by atoms with Crippen LogP contribution in [0.5, 0.6) is 0 Å². The molecule has 7 nitrogen and oxygen atoms in total. The van der Waals surface area contributed by atoms with Gasteiger partial charge in [0.1, 0.15) is 0 Å². The summed E-state index contributed by atoms with van der Waals surface area (Å²) in [5.74, 6) is -1.30. The Balaban J connectivity index is 1.79. The molecule has 1 aliphatic rings. The summed E-state index contributed by atoms with van der Waals surface area (Å²) in [6.07, 6.45) is 5.36. The number of aliphatic carboxylic acids is 1. The van der Waals surface area contributed by atoms with Crippen molar-refractivity contribution in [1.82, 2.24) is 9.78 Å². The lowest BCUT2D eigenvalue weighted by Crippen LogP contribution is -2.15. The van der Waals surface area contributed by atoms with Crippen LogP contribution in [0.25, 0.3) is 0 Å². The molecule has 0 radical (unpaired) electrons. The number of carboxylic acids is 1. The topological polar surface area (TPSA) is 93.5 Å². The van der Waals surface area contributed by atoms with Crippen molar-refractivity contribution in [1.29, 1.82) is 0 Å². The number of nitrogens with zero attached hydrogens (tertiary/aromatic N) is 2. The van der Waals surface area contributed by atoms with E-state index in [4.69, 9.17) is 9.84 Å². The van der Waals surface area contributed by atoms with Gasteiger partial charge in [0, 0.05) is 19.2 Å². The Kier molecular flexibility index (Phi) is 4.51. The number of rotatable bonds is 6. The maximum atomic E-state index is 11.4. The van der Waals surface area contributed by atoms with E-state index < -0.39 is 5.97 Å². The van der Waals surface area contributed by atoms with Gasteiger partial charge >= 0.3 is 5.97 Å². The van der Waals surface area contributed by atoms with E-state index in [2.05, 4.69) is 10.4 Å². The number of aromatic nitrogens is 2. The van der Waals surface area contributed by atoms with Gasteiger partial charge in [-0.25, -0.2) is 0 Å². The minimum Gasteiger partial charge on any atom is -0.481 e. The van der Waals surface area contributed by atoms with Crippen LogP contribution in [0.1, 0.15) is 25.7 Å². The molecule has 1 aliphatic heterocycles. The molecule has 0 aliphatic carbocycles. The van der Waals surface area contributed by atoms with E-state index in [9.17, 15) is 9.59 Å². The van der Waals surface area contributed by atoms with Crippen LogP contribution in [0.4, 0.5) is 5.69 Å². The summed E-state index contributed by atoms with van der Waals surface area (Å²) < 4.78 is 7.22. The van der Waals surface area contributed by atoms with Gasteiger partial charge in [-0.05, 0) is 12.8 Å². The zero-order valence-electron chi connectivity index (χ0n) is 10.5. The van der Waals surface area contributed by atoms with E-state index in [1.54, 1.807) is 17.1 Å². The Morgan fingerprint density at radius 1 is 1.53 bits per heavy atom. The smallest absolute Gasteiger partial charge is 0.303 e. The highest BCUT2D eigenvalue weighted by molar-refractivity contribution is 5.92. The number of amides is 1. The number of carbonyl (C=O) groups excluding carboxylic acids is 1. The molecule has 1 unspecified atom stereocenters. The molecule has 0 spiro atoms. The number of nitrogens with one attached hydrogen (secondary N) is 1. The summed E-state index contributed by atoms with van der Waals surface area (Å²) in [5.41, 5.74) is 0.577. The van der Waals surface area contributed by atoms with E-state index >= 15 is 0 Å². The van der Waals surface area contributed by atoms with Gasteiger partial charge in [-0.2, -0.15) is 5.10 Å². The molecular weight excluding hydrogens is 250 g/mol. The number of hydrogen-bond donors (Lipinski definition) is 2. The average Bonchev–Trinajstić information content (AvgIpc) is 2.99. The number of carbonyl (C=O) groups is 2. The molecule has 19 heavy (non-hydrogen) atoms. The standard InChI is InChI=1S/C12H17N3O4/c16-11(3-4-12(17)18)14-9-6-13-15(7-9)8-10-2-1-5-19-10/h6-7,10H,1-5,8H2,(H,14,16)(H,17,18). The molecule has 1 fully saturated rings. The normalized spacial score (nSPS) is 18.4. The Hall–Kier alpha value is -1.89. The molecule has 104 valence electrons. The Bertz CT molecular complexity index is 452. The first-order chi connectivity index (χ1) is 9.13. The molecule has 1 amide bonds. The zero-order chi connectivity index (χ0) is 13.7. The summed E-state index contributed by atoms with van der Waals surface area (Å²) in [7, 11) is 0. The second-order valence-electron chi connectivity index (χ2n) is 4.53. The van der Waals surface area contributed by atoms with Crippen LogP contribution in [0.3, 0.4) is 0 Å². The van der Waals surface area contributed by atoms with Crippen molar-refractivity contribution in [3.8, 4) is 0 Å². The first kappa shape index (κ1) is 13.5. The van der Waals surface area contributed by atoms with Crippen molar-refractivity contribution in [2.45, 2.75) is 38.3 Å². The van der Waals surface area contributed by atoms with Crippen LogP contribution in [0.15, 0.2) is 12.4 Å². The van der Waals surface area contributed by atoms with E-state index in [-0.39, 0.29) is 24.9 Å². The highest BCUT2D eigenvalue weighted by Gasteiger charge is 2.16. The Morgan fingerprint density at radius 3 is 3.05 bits per heavy atom. The van der Waals surface area contributed by atoms with Crippen LogP contribution in [0, 0.1) is 0 Å². The number of ether oxygens (including phenoxy) is 1. The van der Waals surface area contributed by atoms with Gasteiger partial charge in [0.15, 0.2) is 0 Å². The fourth-order valence-electron chi connectivity index (χ4n) is 1.97. The van der Waals surface area contributed by atoms with Crippen LogP contribution in [-0.2, 0) is 20.9 Å². The fraction of sp³-hybridized carbons (Fsp3) is 0.583. The summed E-state index contributed by atoms with van der Waals surface area (Å²) >= 11 is 0. The minimum absolute atomic E-state index is 0.0355. The molecule has 1 aromatic rings. The molecule has 1 atom stereocenters. The highest BCUT2D eigenvalue weighted by Crippen LogP contribution is 2.15. The van der Waals surface area contributed by atoms with Crippen molar-refractivity contribution in [3.63, 3.8) is 0 Å². The first-order valence-electron chi connectivity index (χ1n) is 6.29. The largest absolute Gasteiger partial charge is 0.481 e. The summed E-state index contributed by atoms with van der Waals surface area (Å²) in [6, 6.07) is 0. The highest BCUT2D eigenvalue weighted by atomic mass is 16.5. The van der Waals surface area contributed by atoms with Crippen LogP contribution < -0.4 is 5.32 Å². The lowest BCUT2D eigenvalue weighted by atomic mass is 10.2.